The van der Waals surface area contributed by atoms with Crippen molar-refractivity contribution in [1.29, 1.82) is 0 Å². The number of carbonyl (C=O) groups is 1. The summed E-state index contributed by atoms with van der Waals surface area (Å²) in [5.41, 5.74) is 2.88. The molecule has 0 bridgehead atoms. The Labute approximate surface area is 124 Å². The van der Waals surface area contributed by atoms with Crippen LogP contribution in [0.4, 0.5) is 0 Å². The maximum Gasteiger partial charge on any atom is 0.135 e. The molecule has 0 spiro atoms. The topological polar surface area (TPSA) is 17.1 Å². The number of rotatable bonds is 9. The summed E-state index contributed by atoms with van der Waals surface area (Å²) in [5, 5.41) is 0. The molecule has 0 aliphatic rings. The Morgan fingerprint density at radius 2 is 1.90 bits per heavy atom. The van der Waals surface area contributed by atoms with Crippen LogP contribution in [0.5, 0.6) is 0 Å². The van der Waals surface area contributed by atoms with Crippen molar-refractivity contribution in [2.45, 2.75) is 72.1 Å². The maximum atomic E-state index is 11.7. The summed E-state index contributed by atoms with van der Waals surface area (Å²) in [5.74, 6) is 1.21. The van der Waals surface area contributed by atoms with Gasteiger partial charge in [-0.05, 0) is 42.7 Å². The lowest BCUT2D eigenvalue weighted by atomic mass is 9.87. The minimum atomic E-state index is 0.183. The summed E-state index contributed by atoms with van der Waals surface area (Å²) in [4.78, 5) is 11.7. The molecule has 0 amide bonds. The Hall–Kier alpha value is -1.11. The van der Waals surface area contributed by atoms with E-state index in [1.54, 1.807) is 0 Å². The van der Waals surface area contributed by atoms with E-state index < -0.39 is 0 Å². The summed E-state index contributed by atoms with van der Waals surface area (Å²) < 4.78 is 0. The van der Waals surface area contributed by atoms with Crippen molar-refractivity contribution in [2.24, 2.45) is 5.92 Å². The molecule has 0 saturated heterocycles. The highest BCUT2D eigenvalue weighted by molar-refractivity contribution is 5.80. The molecule has 0 aromatic heterocycles. The third-order valence-electron chi connectivity index (χ3n) is 4.09. The predicted octanol–water partition coefficient (Wildman–Crippen LogP) is 5.53. The van der Waals surface area contributed by atoms with E-state index in [2.05, 4.69) is 38.1 Å². The first-order valence-electron chi connectivity index (χ1n) is 8.20. The molecule has 1 aromatic rings. The standard InChI is InChI=1S/C19H30O/c1-5-9-17(11-8-13-19(20)15(3)4)18-12-7-10-16(6-2)14-18/h7,10,12,14-15,17H,5-6,8-9,11,13H2,1-4H3. The SMILES string of the molecule is CCCC(CCCC(=O)C(C)C)c1cccc(CC)c1. The van der Waals surface area contributed by atoms with Crippen LogP contribution >= 0.6 is 0 Å². The monoisotopic (exact) mass is 274 g/mol. The van der Waals surface area contributed by atoms with Crippen LogP contribution < -0.4 is 0 Å². The molecular weight excluding hydrogens is 244 g/mol. The van der Waals surface area contributed by atoms with Gasteiger partial charge in [-0.15, -0.1) is 0 Å². The summed E-state index contributed by atoms with van der Waals surface area (Å²) in [6.07, 6.45) is 6.43. The first-order valence-corrected chi connectivity index (χ1v) is 8.20. The second-order valence-electron chi connectivity index (χ2n) is 6.10. The molecule has 0 aliphatic carbocycles. The fourth-order valence-corrected chi connectivity index (χ4v) is 2.70. The van der Waals surface area contributed by atoms with E-state index in [1.807, 2.05) is 13.8 Å². The third kappa shape index (κ3) is 5.48. The highest BCUT2D eigenvalue weighted by atomic mass is 16.1. The molecule has 1 atom stereocenters. The van der Waals surface area contributed by atoms with E-state index in [9.17, 15) is 4.79 Å². The Morgan fingerprint density at radius 1 is 1.15 bits per heavy atom. The molecule has 1 heteroatoms. The summed E-state index contributed by atoms with van der Waals surface area (Å²) in [7, 11) is 0. The number of hydrogen-bond acceptors (Lipinski definition) is 1. The zero-order chi connectivity index (χ0) is 15.0. The molecule has 0 fully saturated rings. The summed E-state index contributed by atoms with van der Waals surface area (Å²) in [6, 6.07) is 8.99. The van der Waals surface area contributed by atoms with Crippen LogP contribution in [0.15, 0.2) is 24.3 Å². The predicted molar refractivity (Wildman–Crippen MR) is 87.2 cm³/mol. The van der Waals surface area contributed by atoms with Crippen LogP contribution in [0, 0.1) is 5.92 Å². The lowest BCUT2D eigenvalue weighted by molar-refractivity contribution is -0.122. The second-order valence-corrected chi connectivity index (χ2v) is 6.10. The van der Waals surface area contributed by atoms with Crippen molar-refractivity contribution in [2.75, 3.05) is 0 Å². The Kier molecular flexibility index (Phi) is 7.58. The number of carbonyl (C=O) groups excluding carboxylic acids is 1. The first-order chi connectivity index (χ1) is 9.58. The lowest BCUT2D eigenvalue weighted by Gasteiger charge is -2.17. The molecule has 1 nitrogen and oxygen atoms in total. The normalized spacial score (nSPS) is 12.7. The number of Topliss-reactive ketones (excluding diaryl/α,β-unsaturated/α-hetero) is 1. The average Bonchev–Trinajstić information content (AvgIpc) is 2.46. The minimum absolute atomic E-state index is 0.183. The smallest absolute Gasteiger partial charge is 0.135 e. The van der Waals surface area contributed by atoms with E-state index in [1.165, 1.54) is 24.0 Å². The van der Waals surface area contributed by atoms with Gasteiger partial charge >= 0.3 is 0 Å². The Morgan fingerprint density at radius 3 is 2.50 bits per heavy atom. The maximum absolute atomic E-state index is 11.7. The van der Waals surface area contributed by atoms with Crippen molar-refractivity contribution < 1.29 is 4.79 Å². The second kappa shape index (κ2) is 8.94. The zero-order valence-corrected chi connectivity index (χ0v) is 13.6. The van der Waals surface area contributed by atoms with Gasteiger partial charge in [0.2, 0.25) is 0 Å². The van der Waals surface area contributed by atoms with Gasteiger partial charge in [-0.3, -0.25) is 4.79 Å². The van der Waals surface area contributed by atoms with Gasteiger partial charge in [0.15, 0.2) is 0 Å². The highest BCUT2D eigenvalue weighted by Crippen LogP contribution is 2.28. The van der Waals surface area contributed by atoms with E-state index in [4.69, 9.17) is 0 Å². The Bertz CT molecular complexity index is 406. The van der Waals surface area contributed by atoms with Crippen LogP contribution in [-0.4, -0.2) is 5.78 Å². The molecule has 1 aromatic carbocycles. The largest absolute Gasteiger partial charge is 0.299 e. The molecule has 20 heavy (non-hydrogen) atoms. The lowest BCUT2D eigenvalue weighted by Crippen LogP contribution is -2.07. The third-order valence-corrected chi connectivity index (χ3v) is 4.09. The van der Waals surface area contributed by atoms with Crippen molar-refractivity contribution >= 4 is 5.78 Å². The molecular formula is C19H30O. The van der Waals surface area contributed by atoms with E-state index in [0.717, 1.165) is 25.7 Å². The highest BCUT2D eigenvalue weighted by Gasteiger charge is 2.13. The van der Waals surface area contributed by atoms with Gasteiger partial charge in [-0.2, -0.15) is 0 Å². The average molecular weight is 274 g/mol. The number of hydrogen-bond donors (Lipinski definition) is 0. The van der Waals surface area contributed by atoms with Gasteiger partial charge in [0.05, 0.1) is 0 Å². The number of aryl methyl sites for hydroxylation is 1. The van der Waals surface area contributed by atoms with Crippen molar-refractivity contribution in [1.82, 2.24) is 0 Å². The van der Waals surface area contributed by atoms with Crippen molar-refractivity contribution in [3.05, 3.63) is 35.4 Å². The van der Waals surface area contributed by atoms with Gasteiger partial charge in [-0.25, -0.2) is 0 Å². The quantitative estimate of drug-likeness (QED) is 0.579. The molecule has 1 rings (SSSR count). The van der Waals surface area contributed by atoms with Crippen molar-refractivity contribution in [3.8, 4) is 0 Å². The van der Waals surface area contributed by atoms with Gasteiger partial charge in [-0.1, -0.05) is 58.4 Å². The van der Waals surface area contributed by atoms with Gasteiger partial charge < -0.3 is 0 Å². The van der Waals surface area contributed by atoms with Crippen LogP contribution in [0.25, 0.3) is 0 Å². The molecule has 0 radical (unpaired) electrons. The fraction of sp³-hybridized carbons (Fsp3) is 0.632. The van der Waals surface area contributed by atoms with E-state index >= 15 is 0 Å². The molecule has 112 valence electrons. The molecule has 0 N–H and O–H groups in total. The molecule has 0 saturated carbocycles. The van der Waals surface area contributed by atoms with Gasteiger partial charge in [0.1, 0.15) is 5.78 Å². The van der Waals surface area contributed by atoms with Crippen LogP contribution in [-0.2, 0) is 11.2 Å². The first kappa shape index (κ1) is 16.9. The Balaban J connectivity index is 2.61. The number of ketones is 1. The van der Waals surface area contributed by atoms with Crippen molar-refractivity contribution in [3.63, 3.8) is 0 Å². The molecule has 0 aliphatic heterocycles. The molecule has 1 unspecified atom stereocenters. The van der Waals surface area contributed by atoms with Crippen LogP contribution in [0.3, 0.4) is 0 Å². The van der Waals surface area contributed by atoms with Crippen LogP contribution in [0.1, 0.15) is 76.8 Å². The van der Waals surface area contributed by atoms with E-state index in [-0.39, 0.29) is 5.92 Å². The summed E-state index contributed by atoms with van der Waals surface area (Å²) >= 11 is 0. The van der Waals surface area contributed by atoms with Gasteiger partial charge in [0.25, 0.3) is 0 Å². The van der Waals surface area contributed by atoms with E-state index in [0.29, 0.717) is 11.7 Å². The zero-order valence-electron chi connectivity index (χ0n) is 13.6. The number of benzene rings is 1. The summed E-state index contributed by atoms with van der Waals surface area (Å²) in [6.45, 7) is 8.44. The molecule has 0 heterocycles. The fourth-order valence-electron chi connectivity index (χ4n) is 2.70. The van der Waals surface area contributed by atoms with Crippen LogP contribution in [0.2, 0.25) is 0 Å². The minimum Gasteiger partial charge on any atom is -0.299 e. The van der Waals surface area contributed by atoms with Gasteiger partial charge in [0, 0.05) is 12.3 Å².